The normalized spacial score (nSPS) is 11.0. The summed E-state index contributed by atoms with van der Waals surface area (Å²) in [5.41, 5.74) is 6.89. The fourth-order valence-electron chi connectivity index (χ4n) is 2.74. The monoisotopic (exact) mass is 348 g/mol. The van der Waals surface area contributed by atoms with Crippen molar-refractivity contribution < 1.29 is 9.80 Å². The van der Waals surface area contributed by atoms with E-state index in [2.05, 4.69) is 112 Å². The first-order chi connectivity index (χ1) is 12.5. The van der Waals surface area contributed by atoms with E-state index < -0.39 is 0 Å². The first kappa shape index (κ1) is 18.0. The van der Waals surface area contributed by atoms with Crippen LogP contribution in [0, 0.1) is 0 Å². The van der Waals surface area contributed by atoms with Crippen molar-refractivity contribution in [2.24, 2.45) is 0 Å². The molecule has 4 nitrogen and oxygen atoms in total. The summed E-state index contributed by atoms with van der Waals surface area (Å²) in [5, 5.41) is 6.88. The molecule has 4 N–H and O–H groups in total. The SMILES string of the molecule is C[NH+](C)c1ccc(Nc2ccc(Nc3ccc([NH+](C)C)cc3)cc2)cc1. The smallest absolute Gasteiger partial charge is 0.130 e. The van der Waals surface area contributed by atoms with Gasteiger partial charge in [-0.25, -0.2) is 0 Å². The molecule has 0 aliphatic carbocycles. The fourth-order valence-corrected chi connectivity index (χ4v) is 2.74. The van der Waals surface area contributed by atoms with Crippen LogP contribution in [0.1, 0.15) is 0 Å². The molecule has 0 radical (unpaired) electrons. The Morgan fingerprint density at radius 3 is 0.885 bits per heavy atom. The molecular formula is C22H28N4+2. The van der Waals surface area contributed by atoms with Gasteiger partial charge < -0.3 is 20.4 Å². The molecule has 0 bridgehead atoms. The van der Waals surface area contributed by atoms with Gasteiger partial charge in [0.15, 0.2) is 0 Å². The van der Waals surface area contributed by atoms with E-state index in [1.807, 2.05) is 0 Å². The summed E-state index contributed by atoms with van der Waals surface area (Å²) in [6, 6.07) is 25.4. The molecule has 0 fully saturated rings. The Bertz CT molecular complexity index is 747. The minimum absolute atomic E-state index is 1.08. The van der Waals surface area contributed by atoms with Gasteiger partial charge in [0.1, 0.15) is 11.4 Å². The van der Waals surface area contributed by atoms with Crippen LogP contribution in [-0.4, -0.2) is 28.2 Å². The summed E-state index contributed by atoms with van der Waals surface area (Å²) in [6.07, 6.45) is 0. The molecule has 3 aromatic rings. The van der Waals surface area contributed by atoms with E-state index in [0.717, 1.165) is 22.7 Å². The van der Waals surface area contributed by atoms with Crippen molar-refractivity contribution in [1.29, 1.82) is 0 Å². The molecule has 0 aromatic heterocycles. The van der Waals surface area contributed by atoms with E-state index in [4.69, 9.17) is 0 Å². The second kappa shape index (κ2) is 8.04. The van der Waals surface area contributed by atoms with Crippen LogP contribution in [0.15, 0.2) is 72.8 Å². The van der Waals surface area contributed by atoms with Gasteiger partial charge in [0.25, 0.3) is 0 Å². The number of anilines is 4. The highest BCUT2D eigenvalue weighted by Crippen LogP contribution is 2.22. The molecule has 26 heavy (non-hydrogen) atoms. The maximum atomic E-state index is 3.44. The number of rotatable bonds is 6. The molecule has 0 saturated heterocycles. The zero-order valence-corrected chi connectivity index (χ0v) is 15.9. The van der Waals surface area contributed by atoms with E-state index >= 15 is 0 Å². The van der Waals surface area contributed by atoms with Crippen LogP contribution in [0.3, 0.4) is 0 Å². The van der Waals surface area contributed by atoms with Crippen LogP contribution < -0.4 is 20.4 Å². The maximum Gasteiger partial charge on any atom is 0.130 e. The summed E-state index contributed by atoms with van der Waals surface area (Å²) in [5.74, 6) is 0. The summed E-state index contributed by atoms with van der Waals surface area (Å²) < 4.78 is 0. The van der Waals surface area contributed by atoms with Gasteiger partial charge in [0.05, 0.1) is 28.2 Å². The largest absolute Gasteiger partial charge is 0.356 e. The van der Waals surface area contributed by atoms with E-state index in [1.54, 1.807) is 0 Å². The molecule has 0 amide bonds. The molecule has 0 aliphatic rings. The second-order valence-electron chi connectivity index (χ2n) is 6.98. The lowest BCUT2D eigenvalue weighted by atomic mass is 10.2. The van der Waals surface area contributed by atoms with Crippen LogP contribution in [0.4, 0.5) is 34.1 Å². The first-order valence-corrected chi connectivity index (χ1v) is 8.96. The van der Waals surface area contributed by atoms with E-state index in [-0.39, 0.29) is 0 Å². The van der Waals surface area contributed by atoms with Gasteiger partial charge in [0, 0.05) is 47.0 Å². The molecule has 0 heterocycles. The Balaban J connectivity index is 1.62. The van der Waals surface area contributed by atoms with Gasteiger partial charge >= 0.3 is 0 Å². The topological polar surface area (TPSA) is 32.9 Å². The van der Waals surface area contributed by atoms with E-state index in [1.165, 1.54) is 21.2 Å². The van der Waals surface area contributed by atoms with Gasteiger partial charge in [-0.1, -0.05) is 0 Å². The molecule has 3 rings (SSSR count). The lowest BCUT2D eigenvalue weighted by molar-refractivity contribution is -0.786. The van der Waals surface area contributed by atoms with Crippen LogP contribution in [0.5, 0.6) is 0 Å². The number of hydrogen-bond acceptors (Lipinski definition) is 2. The molecule has 0 spiro atoms. The van der Waals surface area contributed by atoms with Crippen molar-refractivity contribution in [3.8, 4) is 0 Å². The highest BCUT2D eigenvalue weighted by Gasteiger charge is 2.02. The van der Waals surface area contributed by atoms with Gasteiger partial charge in [-0.05, 0) is 48.5 Å². The fraction of sp³-hybridized carbons (Fsp3) is 0.182. The molecule has 134 valence electrons. The molecule has 0 atom stereocenters. The highest BCUT2D eigenvalue weighted by atomic mass is 15.1. The molecule has 0 saturated carbocycles. The molecule has 4 heteroatoms. The molecule has 3 aromatic carbocycles. The summed E-state index contributed by atoms with van der Waals surface area (Å²) in [4.78, 5) is 2.65. The maximum absolute atomic E-state index is 3.44. The average molecular weight is 348 g/mol. The molecule has 0 aliphatic heterocycles. The van der Waals surface area contributed by atoms with E-state index in [9.17, 15) is 0 Å². The van der Waals surface area contributed by atoms with Crippen LogP contribution in [0.25, 0.3) is 0 Å². The van der Waals surface area contributed by atoms with Crippen LogP contribution in [-0.2, 0) is 0 Å². The predicted molar refractivity (Wildman–Crippen MR) is 111 cm³/mol. The molecule has 0 unspecified atom stereocenters. The van der Waals surface area contributed by atoms with Crippen LogP contribution in [0.2, 0.25) is 0 Å². The van der Waals surface area contributed by atoms with E-state index in [0.29, 0.717) is 0 Å². The highest BCUT2D eigenvalue weighted by molar-refractivity contribution is 5.66. The molecular weight excluding hydrogens is 320 g/mol. The summed E-state index contributed by atoms with van der Waals surface area (Å²) in [6.45, 7) is 0. The Kier molecular flexibility index (Phi) is 5.56. The summed E-state index contributed by atoms with van der Waals surface area (Å²) >= 11 is 0. The lowest BCUT2D eigenvalue weighted by Crippen LogP contribution is -3.00. The van der Waals surface area contributed by atoms with Gasteiger partial charge in [0.2, 0.25) is 0 Å². The third-order valence-electron chi connectivity index (χ3n) is 4.39. The van der Waals surface area contributed by atoms with Crippen molar-refractivity contribution >= 4 is 34.1 Å². The van der Waals surface area contributed by atoms with Gasteiger partial charge in [-0.2, -0.15) is 0 Å². The summed E-state index contributed by atoms with van der Waals surface area (Å²) in [7, 11) is 8.51. The van der Waals surface area contributed by atoms with Crippen molar-refractivity contribution in [1.82, 2.24) is 0 Å². The minimum Gasteiger partial charge on any atom is -0.356 e. The average Bonchev–Trinajstić information content (AvgIpc) is 2.64. The predicted octanol–water partition coefficient (Wildman–Crippen LogP) is 2.73. The number of quaternary nitrogens is 2. The zero-order chi connectivity index (χ0) is 18.5. The number of hydrogen-bond donors (Lipinski definition) is 4. The van der Waals surface area contributed by atoms with Crippen molar-refractivity contribution in [3.63, 3.8) is 0 Å². The third kappa shape index (κ3) is 4.63. The van der Waals surface area contributed by atoms with Gasteiger partial charge in [-0.3, -0.25) is 0 Å². The van der Waals surface area contributed by atoms with Crippen molar-refractivity contribution in [2.75, 3.05) is 38.8 Å². The van der Waals surface area contributed by atoms with Crippen LogP contribution >= 0.6 is 0 Å². The third-order valence-corrected chi connectivity index (χ3v) is 4.39. The second-order valence-corrected chi connectivity index (χ2v) is 6.98. The number of benzene rings is 3. The Morgan fingerprint density at radius 2 is 0.654 bits per heavy atom. The Hall–Kier alpha value is -2.82. The Labute approximate surface area is 156 Å². The minimum atomic E-state index is 1.08. The van der Waals surface area contributed by atoms with Crippen molar-refractivity contribution in [3.05, 3.63) is 72.8 Å². The first-order valence-electron chi connectivity index (χ1n) is 8.96. The number of nitrogens with one attached hydrogen (secondary N) is 4. The van der Waals surface area contributed by atoms with Crippen molar-refractivity contribution in [2.45, 2.75) is 0 Å². The zero-order valence-electron chi connectivity index (χ0n) is 15.9. The lowest BCUT2D eigenvalue weighted by Gasteiger charge is -2.11. The van der Waals surface area contributed by atoms with Gasteiger partial charge in [-0.15, -0.1) is 0 Å². The Morgan fingerprint density at radius 1 is 0.423 bits per heavy atom. The quantitative estimate of drug-likeness (QED) is 0.552. The standard InChI is InChI=1S/C22H26N4/c1-25(2)21-13-9-19(10-14-21)23-17-5-7-18(8-6-17)24-20-11-15-22(16-12-20)26(3)4/h5-16,23-24H,1-4H3/p+2.